The van der Waals surface area contributed by atoms with Crippen LogP contribution in [0.25, 0.3) is 0 Å². The first-order chi connectivity index (χ1) is 8.20. The largest absolute Gasteiger partial charge is 0.388 e. The Morgan fingerprint density at radius 3 is 2.71 bits per heavy atom. The number of aryl methyl sites for hydroxylation is 1. The van der Waals surface area contributed by atoms with E-state index in [0.29, 0.717) is 6.42 Å². The van der Waals surface area contributed by atoms with Crippen LogP contribution in [0.3, 0.4) is 0 Å². The number of benzene rings is 1. The van der Waals surface area contributed by atoms with Crippen LogP contribution in [0.4, 0.5) is 0 Å². The number of rotatable bonds is 4. The Bertz CT molecular complexity index is 481. The average Bonchev–Trinajstić information content (AvgIpc) is 2.77. The Kier molecular flexibility index (Phi) is 3.91. The smallest absolute Gasteiger partial charge is 0.138 e. The van der Waals surface area contributed by atoms with Crippen LogP contribution in [0.15, 0.2) is 35.1 Å². The molecule has 0 amide bonds. The first kappa shape index (κ1) is 12.3. The summed E-state index contributed by atoms with van der Waals surface area (Å²) in [6, 6.07) is 7.65. The number of aromatic nitrogens is 3. The summed E-state index contributed by atoms with van der Waals surface area (Å²) in [7, 11) is 0. The molecule has 0 aliphatic rings. The van der Waals surface area contributed by atoms with Crippen molar-refractivity contribution in [3.63, 3.8) is 0 Å². The molecule has 0 saturated heterocycles. The summed E-state index contributed by atoms with van der Waals surface area (Å²) in [5.41, 5.74) is 0.888. The SMILES string of the molecule is CCn1ncnc1CC(O)c1ccc(Br)cc1. The van der Waals surface area contributed by atoms with Gasteiger partial charge in [0, 0.05) is 17.4 Å². The fourth-order valence-electron chi connectivity index (χ4n) is 1.69. The molecule has 5 heteroatoms. The van der Waals surface area contributed by atoms with Gasteiger partial charge in [-0.2, -0.15) is 5.10 Å². The van der Waals surface area contributed by atoms with Crippen molar-refractivity contribution in [1.29, 1.82) is 0 Å². The lowest BCUT2D eigenvalue weighted by Crippen LogP contribution is -2.09. The van der Waals surface area contributed by atoms with E-state index in [-0.39, 0.29) is 0 Å². The van der Waals surface area contributed by atoms with Gasteiger partial charge in [-0.3, -0.25) is 4.68 Å². The van der Waals surface area contributed by atoms with Crippen molar-refractivity contribution in [2.75, 3.05) is 0 Å². The predicted molar refractivity (Wildman–Crippen MR) is 68.5 cm³/mol. The number of hydrogen-bond donors (Lipinski definition) is 1. The minimum atomic E-state index is -0.544. The molecule has 17 heavy (non-hydrogen) atoms. The van der Waals surface area contributed by atoms with Crippen LogP contribution in [0.2, 0.25) is 0 Å². The Balaban J connectivity index is 2.11. The highest BCUT2D eigenvalue weighted by Crippen LogP contribution is 2.19. The maximum absolute atomic E-state index is 10.1. The van der Waals surface area contributed by atoms with E-state index in [4.69, 9.17) is 0 Å². The fourth-order valence-corrected chi connectivity index (χ4v) is 1.95. The van der Waals surface area contributed by atoms with Crippen LogP contribution in [0, 0.1) is 0 Å². The molecule has 1 heterocycles. The van der Waals surface area contributed by atoms with Crippen molar-refractivity contribution in [2.24, 2.45) is 0 Å². The van der Waals surface area contributed by atoms with E-state index < -0.39 is 6.10 Å². The van der Waals surface area contributed by atoms with E-state index in [9.17, 15) is 5.11 Å². The van der Waals surface area contributed by atoms with Gasteiger partial charge in [0.15, 0.2) is 0 Å². The molecule has 90 valence electrons. The van der Waals surface area contributed by atoms with E-state index in [1.807, 2.05) is 31.2 Å². The van der Waals surface area contributed by atoms with Gasteiger partial charge in [0.2, 0.25) is 0 Å². The van der Waals surface area contributed by atoms with Gasteiger partial charge in [-0.1, -0.05) is 28.1 Å². The van der Waals surface area contributed by atoms with Crippen molar-refractivity contribution in [3.05, 3.63) is 46.5 Å². The molecule has 0 fully saturated rings. The molecular formula is C12H14BrN3O. The number of aliphatic hydroxyl groups excluding tert-OH is 1. The zero-order chi connectivity index (χ0) is 12.3. The van der Waals surface area contributed by atoms with Crippen LogP contribution < -0.4 is 0 Å². The molecule has 0 aliphatic carbocycles. The van der Waals surface area contributed by atoms with Gasteiger partial charge in [0.05, 0.1) is 6.10 Å². The summed E-state index contributed by atoms with van der Waals surface area (Å²) in [4.78, 5) is 4.15. The third-order valence-electron chi connectivity index (χ3n) is 2.63. The molecule has 1 atom stereocenters. The lowest BCUT2D eigenvalue weighted by atomic mass is 10.1. The lowest BCUT2D eigenvalue weighted by molar-refractivity contribution is 0.174. The van der Waals surface area contributed by atoms with Crippen molar-refractivity contribution in [3.8, 4) is 0 Å². The second-order valence-electron chi connectivity index (χ2n) is 3.76. The van der Waals surface area contributed by atoms with Gasteiger partial charge in [0.25, 0.3) is 0 Å². The van der Waals surface area contributed by atoms with Crippen LogP contribution in [0.5, 0.6) is 0 Å². The standard InChI is InChI=1S/C12H14BrN3O/c1-2-16-12(14-8-15-16)7-11(17)9-3-5-10(13)6-4-9/h3-6,8,11,17H,2,7H2,1H3. The summed E-state index contributed by atoms with van der Waals surface area (Å²) in [6.45, 7) is 2.77. The summed E-state index contributed by atoms with van der Waals surface area (Å²) >= 11 is 3.37. The van der Waals surface area contributed by atoms with E-state index in [2.05, 4.69) is 26.0 Å². The summed E-state index contributed by atoms with van der Waals surface area (Å²) in [6.07, 6.45) is 1.46. The molecule has 1 N–H and O–H groups in total. The van der Waals surface area contributed by atoms with Crippen LogP contribution >= 0.6 is 15.9 Å². The fraction of sp³-hybridized carbons (Fsp3) is 0.333. The quantitative estimate of drug-likeness (QED) is 0.942. The second-order valence-corrected chi connectivity index (χ2v) is 4.68. The molecule has 1 aromatic carbocycles. The van der Waals surface area contributed by atoms with E-state index >= 15 is 0 Å². The molecule has 0 radical (unpaired) electrons. The second kappa shape index (κ2) is 5.42. The van der Waals surface area contributed by atoms with Gasteiger partial charge in [0.1, 0.15) is 12.2 Å². The monoisotopic (exact) mass is 295 g/mol. The number of aliphatic hydroxyl groups is 1. The number of halogens is 1. The maximum atomic E-state index is 10.1. The van der Waals surface area contributed by atoms with Gasteiger partial charge in [-0.25, -0.2) is 4.98 Å². The number of nitrogens with zero attached hydrogens (tertiary/aromatic N) is 3. The molecular weight excluding hydrogens is 282 g/mol. The minimum absolute atomic E-state index is 0.482. The highest BCUT2D eigenvalue weighted by Gasteiger charge is 2.12. The van der Waals surface area contributed by atoms with Crippen molar-refractivity contribution in [2.45, 2.75) is 26.0 Å². The molecule has 0 aliphatic heterocycles. The van der Waals surface area contributed by atoms with Gasteiger partial charge < -0.3 is 5.11 Å². The van der Waals surface area contributed by atoms with E-state index in [1.54, 1.807) is 4.68 Å². The molecule has 2 aromatic rings. The van der Waals surface area contributed by atoms with E-state index in [0.717, 1.165) is 22.4 Å². The van der Waals surface area contributed by atoms with Crippen LogP contribution in [-0.4, -0.2) is 19.9 Å². The van der Waals surface area contributed by atoms with Crippen molar-refractivity contribution in [1.82, 2.24) is 14.8 Å². The topological polar surface area (TPSA) is 50.9 Å². The molecule has 1 unspecified atom stereocenters. The first-order valence-corrected chi connectivity index (χ1v) is 6.30. The van der Waals surface area contributed by atoms with Crippen molar-refractivity contribution < 1.29 is 5.11 Å². The Morgan fingerprint density at radius 2 is 2.06 bits per heavy atom. The van der Waals surface area contributed by atoms with Crippen molar-refractivity contribution >= 4 is 15.9 Å². The normalized spacial score (nSPS) is 12.6. The van der Waals surface area contributed by atoms with E-state index in [1.165, 1.54) is 6.33 Å². The maximum Gasteiger partial charge on any atom is 0.138 e. The molecule has 0 saturated carbocycles. The highest BCUT2D eigenvalue weighted by atomic mass is 79.9. The third-order valence-corrected chi connectivity index (χ3v) is 3.15. The van der Waals surface area contributed by atoms with Gasteiger partial charge >= 0.3 is 0 Å². The van der Waals surface area contributed by atoms with Crippen LogP contribution in [0.1, 0.15) is 24.4 Å². The summed E-state index contributed by atoms with van der Waals surface area (Å²) < 4.78 is 2.80. The van der Waals surface area contributed by atoms with Crippen LogP contribution in [-0.2, 0) is 13.0 Å². The highest BCUT2D eigenvalue weighted by molar-refractivity contribution is 9.10. The molecule has 1 aromatic heterocycles. The zero-order valence-corrected chi connectivity index (χ0v) is 11.1. The van der Waals surface area contributed by atoms with Gasteiger partial charge in [-0.15, -0.1) is 0 Å². The Hall–Kier alpha value is -1.20. The first-order valence-electron chi connectivity index (χ1n) is 5.51. The molecule has 2 rings (SSSR count). The zero-order valence-electron chi connectivity index (χ0n) is 9.55. The Labute approximate surface area is 108 Å². The average molecular weight is 296 g/mol. The molecule has 4 nitrogen and oxygen atoms in total. The lowest BCUT2D eigenvalue weighted by Gasteiger charge is -2.11. The Morgan fingerprint density at radius 1 is 1.35 bits per heavy atom. The molecule has 0 spiro atoms. The number of hydrogen-bond acceptors (Lipinski definition) is 3. The minimum Gasteiger partial charge on any atom is -0.388 e. The molecule has 0 bridgehead atoms. The summed E-state index contributed by atoms with van der Waals surface area (Å²) in [5, 5.41) is 14.2. The van der Waals surface area contributed by atoms with Gasteiger partial charge in [-0.05, 0) is 24.6 Å². The summed E-state index contributed by atoms with van der Waals surface area (Å²) in [5.74, 6) is 0.808. The third kappa shape index (κ3) is 2.92. The predicted octanol–water partition coefficient (Wildman–Crippen LogP) is 2.34.